The van der Waals surface area contributed by atoms with Crippen molar-refractivity contribution in [2.24, 2.45) is 0 Å². The molecule has 0 saturated carbocycles. The van der Waals surface area contributed by atoms with Crippen LogP contribution in [0.1, 0.15) is 0 Å². The highest BCUT2D eigenvalue weighted by Crippen LogP contribution is 2.27. The van der Waals surface area contributed by atoms with Gasteiger partial charge >= 0.3 is 0 Å². The second-order valence-electron chi connectivity index (χ2n) is 3.79. The fourth-order valence-corrected chi connectivity index (χ4v) is 2.15. The summed E-state index contributed by atoms with van der Waals surface area (Å²) in [4.78, 5) is 8.56. The highest BCUT2D eigenvalue weighted by Gasteiger charge is 2.11. The van der Waals surface area contributed by atoms with Crippen LogP contribution in [0.3, 0.4) is 0 Å². The Morgan fingerprint density at radius 3 is 3.00 bits per heavy atom. The molecular formula is C12H10IN5O. The van der Waals surface area contributed by atoms with Gasteiger partial charge < -0.3 is 10.1 Å². The summed E-state index contributed by atoms with van der Waals surface area (Å²) in [5.41, 5.74) is 0.639. The number of hydrogen-bond donors (Lipinski definition) is 2. The van der Waals surface area contributed by atoms with Crippen LogP contribution in [0.2, 0.25) is 0 Å². The average molecular weight is 367 g/mol. The van der Waals surface area contributed by atoms with Gasteiger partial charge in [0.1, 0.15) is 11.1 Å². The maximum Gasteiger partial charge on any atom is 0.235 e. The van der Waals surface area contributed by atoms with Gasteiger partial charge in [-0.25, -0.2) is 0 Å². The average Bonchev–Trinajstić information content (AvgIpc) is 2.87. The lowest BCUT2D eigenvalue weighted by Gasteiger charge is -2.07. The molecule has 96 valence electrons. The summed E-state index contributed by atoms with van der Waals surface area (Å²) in [6.45, 7) is 0. The maximum absolute atomic E-state index is 5.82. The van der Waals surface area contributed by atoms with Gasteiger partial charge in [0.05, 0.1) is 6.20 Å². The summed E-state index contributed by atoms with van der Waals surface area (Å²) in [7, 11) is 1.76. The first kappa shape index (κ1) is 12.2. The van der Waals surface area contributed by atoms with Gasteiger partial charge in [0.2, 0.25) is 11.8 Å². The van der Waals surface area contributed by atoms with Crippen molar-refractivity contribution in [3.8, 4) is 11.6 Å². The number of hydrogen-bond acceptors (Lipinski definition) is 5. The number of aromatic amines is 1. The molecule has 7 heteroatoms. The fourth-order valence-electron chi connectivity index (χ4n) is 1.64. The zero-order valence-corrected chi connectivity index (χ0v) is 12.2. The molecule has 0 fully saturated rings. The molecule has 19 heavy (non-hydrogen) atoms. The van der Waals surface area contributed by atoms with E-state index < -0.39 is 0 Å². The minimum absolute atomic E-state index is 0.477. The molecule has 0 aliphatic rings. The number of aromatic nitrogens is 4. The third-order valence-corrected chi connectivity index (χ3v) is 3.18. The predicted octanol–water partition coefficient (Wildman–Crippen LogP) is 2.79. The van der Waals surface area contributed by atoms with Crippen LogP contribution >= 0.6 is 22.6 Å². The SMILES string of the molecule is CNc1nc(Oc2cccc(I)c2)c2cn[nH]c2n1. The van der Waals surface area contributed by atoms with E-state index >= 15 is 0 Å². The third kappa shape index (κ3) is 2.46. The van der Waals surface area contributed by atoms with E-state index in [1.54, 1.807) is 13.2 Å². The summed E-state index contributed by atoms with van der Waals surface area (Å²) in [6, 6.07) is 7.76. The van der Waals surface area contributed by atoms with E-state index in [0.29, 0.717) is 17.5 Å². The first-order valence-electron chi connectivity index (χ1n) is 5.58. The molecule has 0 radical (unpaired) electrons. The van der Waals surface area contributed by atoms with E-state index in [4.69, 9.17) is 4.74 Å². The zero-order valence-electron chi connectivity index (χ0n) is 10.0. The summed E-state index contributed by atoms with van der Waals surface area (Å²) >= 11 is 2.24. The molecule has 3 aromatic rings. The summed E-state index contributed by atoms with van der Waals surface area (Å²) < 4.78 is 6.92. The lowest BCUT2D eigenvalue weighted by atomic mass is 10.3. The third-order valence-electron chi connectivity index (χ3n) is 2.51. The minimum Gasteiger partial charge on any atom is -0.438 e. The van der Waals surface area contributed by atoms with Crippen LogP contribution in [-0.4, -0.2) is 27.2 Å². The van der Waals surface area contributed by atoms with Gasteiger partial charge in [-0.1, -0.05) is 6.07 Å². The Hall–Kier alpha value is -1.90. The molecule has 0 aliphatic carbocycles. The fraction of sp³-hybridized carbons (Fsp3) is 0.0833. The molecule has 0 amide bonds. The lowest BCUT2D eigenvalue weighted by Crippen LogP contribution is -1.99. The zero-order chi connectivity index (χ0) is 13.2. The molecule has 2 aromatic heterocycles. The van der Waals surface area contributed by atoms with Gasteiger partial charge in [0.15, 0.2) is 5.65 Å². The Bertz CT molecular complexity index is 727. The topological polar surface area (TPSA) is 75.7 Å². The van der Waals surface area contributed by atoms with E-state index in [0.717, 1.165) is 14.7 Å². The van der Waals surface area contributed by atoms with Crippen molar-refractivity contribution in [1.29, 1.82) is 0 Å². The second kappa shape index (κ2) is 5.00. The number of anilines is 1. The van der Waals surface area contributed by atoms with Gasteiger partial charge in [-0.3, -0.25) is 5.10 Å². The van der Waals surface area contributed by atoms with Crippen molar-refractivity contribution in [2.75, 3.05) is 12.4 Å². The molecule has 6 nitrogen and oxygen atoms in total. The molecule has 0 bridgehead atoms. The number of rotatable bonds is 3. The monoisotopic (exact) mass is 367 g/mol. The van der Waals surface area contributed by atoms with E-state index in [2.05, 4.69) is 48.1 Å². The molecule has 0 aliphatic heterocycles. The highest BCUT2D eigenvalue weighted by molar-refractivity contribution is 14.1. The molecule has 0 saturated heterocycles. The van der Waals surface area contributed by atoms with E-state index in [1.165, 1.54) is 0 Å². The van der Waals surface area contributed by atoms with E-state index in [-0.39, 0.29) is 0 Å². The standard InChI is InChI=1S/C12H10IN5O/c1-14-12-16-10-9(6-15-18-10)11(17-12)19-8-4-2-3-7(13)5-8/h2-6H,1H3,(H2,14,15,16,17,18). The van der Waals surface area contributed by atoms with Crippen molar-refractivity contribution in [2.45, 2.75) is 0 Å². The van der Waals surface area contributed by atoms with Gasteiger partial charge in [0, 0.05) is 10.6 Å². The van der Waals surface area contributed by atoms with Crippen molar-refractivity contribution in [3.63, 3.8) is 0 Å². The molecular weight excluding hydrogens is 357 g/mol. The number of ether oxygens (including phenoxy) is 1. The quantitative estimate of drug-likeness (QED) is 0.697. The maximum atomic E-state index is 5.82. The van der Waals surface area contributed by atoms with Crippen molar-refractivity contribution >= 4 is 39.6 Å². The Morgan fingerprint density at radius 2 is 2.21 bits per heavy atom. The Balaban J connectivity index is 2.06. The number of fused-ring (bicyclic) bond motifs is 1. The molecule has 2 heterocycles. The number of nitrogens with zero attached hydrogens (tertiary/aromatic N) is 3. The minimum atomic E-state index is 0.477. The Morgan fingerprint density at radius 1 is 1.32 bits per heavy atom. The largest absolute Gasteiger partial charge is 0.438 e. The molecule has 2 N–H and O–H groups in total. The van der Waals surface area contributed by atoms with E-state index in [9.17, 15) is 0 Å². The number of benzene rings is 1. The van der Waals surface area contributed by atoms with Crippen LogP contribution in [0.25, 0.3) is 11.0 Å². The first-order chi connectivity index (χ1) is 9.26. The number of H-pyrrole nitrogens is 1. The predicted molar refractivity (Wildman–Crippen MR) is 80.5 cm³/mol. The number of halogens is 1. The highest BCUT2D eigenvalue weighted by atomic mass is 127. The lowest BCUT2D eigenvalue weighted by molar-refractivity contribution is 0.468. The van der Waals surface area contributed by atoms with E-state index in [1.807, 2.05) is 24.3 Å². The first-order valence-corrected chi connectivity index (χ1v) is 6.66. The summed E-state index contributed by atoms with van der Waals surface area (Å²) in [5.74, 6) is 1.69. The van der Waals surface area contributed by atoms with Crippen LogP contribution < -0.4 is 10.1 Å². The Labute approximate surface area is 122 Å². The smallest absolute Gasteiger partial charge is 0.235 e. The van der Waals surface area contributed by atoms with Gasteiger partial charge in [-0.15, -0.1) is 0 Å². The normalized spacial score (nSPS) is 10.6. The van der Waals surface area contributed by atoms with Crippen LogP contribution in [0, 0.1) is 3.57 Å². The van der Waals surface area contributed by atoms with Crippen LogP contribution in [0.4, 0.5) is 5.95 Å². The molecule has 0 spiro atoms. The molecule has 0 unspecified atom stereocenters. The van der Waals surface area contributed by atoms with Crippen LogP contribution in [-0.2, 0) is 0 Å². The van der Waals surface area contributed by atoms with Crippen molar-refractivity contribution in [3.05, 3.63) is 34.0 Å². The van der Waals surface area contributed by atoms with Crippen molar-refractivity contribution < 1.29 is 4.74 Å². The molecule has 0 atom stereocenters. The van der Waals surface area contributed by atoms with Gasteiger partial charge in [-0.2, -0.15) is 15.1 Å². The van der Waals surface area contributed by atoms with Gasteiger partial charge in [-0.05, 0) is 40.8 Å². The molecule has 3 rings (SSSR count). The Kier molecular flexibility index (Phi) is 3.20. The molecule has 1 aromatic carbocycles. The summed E-state index contributed by atoms with van der Waals surface area (Å²) in [5, 5.41) is 10.4. The van der Waals surface area contributed by atoms with Crippen LogP contribution in [0.5, 0.6) is 11.6 Å². The second-order valence-corrected chi connectivity index (χ2v) is 5.04. The summed E-state index contributed by atoms with van der Waals surface area (Å²) in [6.07, 6.45) is 1.65. The van der Waals surface area contributed by atoms with Gasteiger partial charge in [0.25, 0.3) is 0 Å². The number of nitrogens with one attached hydrogen (secondary N) is 2. The van der Waals surface area contributed by atoms with Crippen LogP contribution in [0.15, 0.2) is 30.5 Å². The van der Waals surface area contributed by atoms with Crippen molar-refractivity contribution in [1.82, 2.24) is 20.2 Å².